The van der Waals surface area contributed by atoms with Crippen LogP contribution in [0.1, 0.15) is 63.9 Å². The number of carbonyl (C=O) groups excluding carboxylic acids is 1. The molecule has 128 valence electrons. The summed E-state index contributed by atoms with van der Waals surface area (Å²) in [6.07, 6.45) is 10.3. The summed E-state index contributed by atoms with van der Waals surface area (Å²) in [7, 11) is 1.49. The Morgan fingerprint density at radius 2 is 1.91 bits per heavy atom. The van der Waals surface area contributed by atoms with E-state index in [0.717, 1.165) is 18.4 Å². The number of hydrogen-bond acceptors (Lipinski definition) is 4. The van der Waals surface area contributed by atoms with Crippen LogP contribution in [0.25, 0.3) is 0 Å². The maximum Gasteiger partial charge on any atom is 0.240 e. The Bertz CT molecular complexity index is 501. The lowest BCUT2D eigenvalue weighted by Crippen LogP contribution is -2.16. The van der Waals surface area contributed by atoms with E-state index < -0.39 is 0 Å². The summed E-state index contributed by atoms with van der Waals surface area (Å²) in [6, 6.07) is 4.88. The average Bonchev–Trinajstić information content (AvgIpc) is 2.55. The first-order valence-electron chi connectivity index (χ1n) is 8.36. The van der Waals surface area contributed by atoms with Gasteiger partial charge < -0.3 is 9.84 Å². The number of ether oxygens (including phenoxy) is 1. The monoisotopic (exact) mass is 320 g/mol. The minimum atomic E-state index is -0.0689. The van der Waals surface area contributed by atoms with E-state index in [1.165, 1.54) is 51.5 Å². The number of hydrazone groups is 1. The lowest BCUT2D eigenvalue weighted by Gasteiger charge is -2.03. The van der Waals surface area contributed by atoms with Crippen LogP contribution in [-0.2, 0) is 4.79 Å². The van der Waals surface area contributed by atoms with E-state index in [9.17, 15) is 9.90 Å². The molecule has 0 aliphatic rings. The van der Waals surface area contributed by atoms with E-state index in [0.29, 0.717) is 12.2 Å². The number of benzene rings is 1. The highest BCUT2D eigenvalue weighted by Crippen LogP contribution is 2.25. The Hall–Kier alpha value is -2.04. The summed E-state index contributed by atoms with van der Waals surface area (Å²) in [5, 5.41) is 13.4. The molecule has 0 bridgehead atoms. The third-order valence-corrected chi connectivity index (χ3v) is 3.61. The van der Waals surface area contributed by atoms with Gasteiger partial charge in [0.05, 0.1) is 13.3 Å². The first-order valence-corrected chi connectivity index (χ1v) is 8.36. The largest absolute Gasteiger partial charge is 0.504 e. The van der Waals surface area contributed by atoms with Crippen LogP contribution in [0.2, 0.25) is 0 Å². The van der Waals surface area contributed by atoms with Crippen LogP contribution >= 0.6 is 0 Å². The molecule has 1 amide bonds. The lowest BCUT2D eigenvalue weighted by molar-refractivity contribution is -0.121. The minimum Gasteiger partial charge on any atom is -0.504 e. The van der Waals surface area contributed by atoms with Gasteiger partial charge in [-0.1, -0.05) is 45.4 Å². The number of carbonyl (C=O) groups is 1. The molecule has 0 spiro atoms. The topological polar surface area (TPSA) is 70.9 Å². The Morgan fingerprint density at radius 3 is 2.61 bits per heavy atom. The SMILES string of the molecule is CCCCCCCCCC(=O)N/N=C\c1ccc(O)c(OC)c1. The Balaban J connectivity index is 2.20. The normalized spacial score (nSPS) is 10.9. The number of rotatable bonds is 11. The predicted octanol–water partition coefficient (Wildman–Crippen LogP) is 3.99. The molecular formula is C18H28N2O3. The number of aromatic hydroxyl groups is 1. The Labute approximate surface area is 138 Å². The van der Waals surface area contributed by atoms with Crippen molar-refractivity contribution >= 4 is 12.1 Å². The maximum atomic E-state index is 11.7. The summed E-state index contributed by atoms with van der Waals surface area (Å²) < 4.78 is 5.01. The van der Waals surface area contributed by atoms with E-state index >= 15 is 0 Å². The van der Waals surface area contributed by atoms with Crippen LogP contribution in [0, 0.1) is 0 Å². The van der Waals surface area contributed by atoms with Crippen LogP contribution in [0.3, 0.4) is 0 Å². The summed E-state index contributed by atoms with van der Waals surface area (Å²) in [5.41, 5.74) is 3.27. The number of amides is 1. The molecule has 0 fully saturated rings. The van der Waals surface area contributed by atoms with Crippen LogP contribution in [-0.4, -0.2) is 24.3 Å². The number of unbranched alkanes of at least 4 members (excludes halogenated alkanes) is 6. The van der Waals surface area contributed by atoms with Crippen LogP contribution in [0.4, 0.5) is 0 Å². The van der Waals surface area contributed by atoms with Gasteiger partial charge in [0.2, 0.25) is 5.91 Å². The second-order valence-electron chi connectivity index (χ2n) is 5.60. The molecule has 5 nitrogen and oxygen atoms in total. The van der Waals surface area contributed by atoms with Crippen molar-refractivity contribution in [2.75, 3.05) is 7.11 Å². The average molecular weight is 320 g/mol. The summed E-state index contributed by atoms with van der Waals surface area (Å²) in [6.45, 7) is 2.21. The quantitative estimate of drug-likeness (QED) is 0.368. The molecule has 0 heterocycles. The van der Waals surface area contributed by atoms with Crippen molar-refractivity contribution in [3.05, 3.63) is 23.8 Å². The molecule has 0 unspecified atom stereocenters. The molecular weight excluding hydrogens is 292 g/mol. The van der Waals surface area contributed by atoms with Gasteiger partial charge in [-0.15, -0.1) is 0 Å². The molecule has 1 rings (SSSR count). The highest BCUT2D eigenvalue weighted by Gasteiger charge is 2.02. The second-order valence-corrected chi connectivity index (χ2v) is 5.60. The second kappa shape index (κ2) is 11.5. The van der Waals surface area contributed by atoms with Crippen molar-refractivity contribution in [2.24, 2.45) is 5.10 Å². The van der Waals surface area contributed by atoms with Crippen LogP contribution < -0.4 is 10.2 Å². The molecule has 0 aliphatic carbocycles. The fraction of sp³-hybridized carbons (Fsp3) is 0.556. The first-order chi connectivity index (χ1) is 11.2. The third-order valence-electron chi connectivity index (χ3n) is 3.61. The molecule has 0 radical (unpaired) electrons. The predicted molar refractivity (Wildman–Crippen MR) is 93.0 cm³/mol. The zero-order valence-corrected chi connectivity index (χ0v) is 14.2. The Morgan fingerprint density at radius 1 is 1.22 bits per heavy atom. The summed E-state index contributed by atoms with van der Waals surface area (Å²) in [4.78, 5) is 11.7. The van der Waals surface area contributed by atoms with Crippen molar-refractivity contribution < 1.29 is 14.6 Å². The minimum absolute atomic E-state index is 0.0689. The molecule has 0 saturated carbocycles. The van der Waals surface area contributed by atoms with E-state index in [1.54, 1.807) is 12.1 Å². The van der Waals surface area contributed by atoms with Crippen molar-refractivity contribution in [3.63, 3.8) is 0 Å². The van der Waals surface area contributed by atoms with Crippen molar-refractivity contribution in [1.29, 1.82) is 0 Å². The number of phenolic OH excluding ortho intramolecular Hbond substituents is 1. The van der Waals surface area contributed by atoms with Gasteiger partial charge in [0.1, 0.15) is 0 Å². The van der Waals surface area contributed by atoms with E-state index in [1.807, 2.05) is 0 Å². The number of nitrogens with zero attached hydrogens (tertiary/aromatic N) is 1. The van der Waals surface area contributed by atoms with Crippen LogP contribution in [0.5, 0.6) is 11.5 Å². The number of hydrogen-bond donors (Lipinski definition) is 2. The highest BCUT2D eigenvalue weighted by atomic mass is 16.5. The van der Waals surface area contributed by atoms with Crippen molar-refractivity contribution in [1.82, 2.24) is 5.43 Å². The Kier molecular flexibility index (Phi) is 9.52. The lowest BCUT2D eigenvalue weighted by atomic mass is 10.1. The molecule has 5 heteroatoms. The van der Waals surface area contributed by atoms with E-state index in [4.69, 9.17) is 4.74 Å². The molecule has 0 aromatic heterocycles. The smallest absolute Gasteiger partial charge is 0.240 e. The highest BCUT2D eigenvalue weighted by molar-refractivity contribution is 5.83. The number of methoxy groups -OCH3 is 1. The van der Waals surface area contributed by atoms with Gasteiger partial charge in [0, 0.05) is 6.42 Å². The third kappa shape index (κ3) is 8.24. The number of phenols is 1. The summed E-state index contributed by atoms with van der Waals surface area (Å²) in [5.74, 6) is 0.386. The van der Waals surface area contributed by atoms with Gasteiger partial charge in [-0.3, -0.25) is 4.79 Å². The first kappa shape index (κ1) is 19.0. The molecule has 0 saturated heterocycles. The van der Waals surface area contributed by atoms with E-state index in [-0.39, 0.29) is 11.7 Å². The van der Waals surface area contributed by atoms with Gasteiger partial charge in [0.25, 0.3) is 0 Å². The van der Waals surface area contributed by atoms with E-state index in [2.05, 4.69) is 17.5 Å². The molecule has 1 aromatic rings. The standard InChI is InChI=1S/C18H28N2O3/c1-3-4-5-6-7-8-9-10-18(22)20-19-14-15-11-12-16(21)17(13-15)23-2/h11-14,21H,3-10H2,1-2H3,(H,20,22)/b19-14-. The molecule has 0 atom stereocenters. The van der Waals surface area contributed by atoms with Crippen LogP contribution in [0.15, 0.2) is 23.3 Å². The fourth-order valence-corrected chi connectivity index (χ4v) is 2.25. The van der Waals surface area contributed by atoms with Crippen molar-refractivity contribution in [2.45, 2.75) is 58.3 Å². The molecule has 1 aromatic carbocycles. The maximum absolute atomic E-state index is 11.7. The van der Waals surface area contributed by atoms with Crippen molar-refractivity contribution in [3.8, 4) is 11.5 Å². The molecule has 2 N–H and O–H groups in total. The molecule has 23 heavy (non-hydrogen) atoms. The van der Waals surface area contributed by atoms with Gasteiger partial charge >= 0.3 is 0 Å². The summed E-state index contributed by atoms with van der Waals surface area (Å²) >= 11 is 0. The zero-order chi connectivity index (χ0) is 16.9. The zero-order valence-electron chi connectivity index (χ0n) is 14.2. The van der Waals surface area contributed by atoms with Gasteiger partial charge in [-0.25, -0.2) is 5.43 Å². The fourth-order valence-electron chi connectivity index (χ4n) is 2.25. The van der Waals surface area contributed by atoms with Gasteiger partial charge in [-0.2, -0.15) is 5.10 Å². The number of nitrogens with one attached hydrogen (secondary N) is 1. The molecule has 0 aliphatic heterocycles. The van der Waals surface area contributed by atoms with Gasteiger partial charge in [0.15, 0.2) is 11.5 Å². The van der Waals surface area contributed by atoms with Gasteiger partial charge in [-0.05, 0) is 30.2 Å².